The van der Waals surface area contributed by atoms with Crippen LogP contribution >= 0.6 is 23.2 Å². The number of aryl methyl sites for hydroxylation is 1. The highest BCUT2D eigenvalue weighted by Crippen LogP contribution is 2.27. The summed E-state index contributed by atoms with van der Waals surface area (Å²) in [7, 11) is 1.94. The molecule has 0 aliphatic rings. The first-order chi connectivity index (χ1) is 12.9. The Kier molecular flexibility index (Phi) is 5.92. The molecule has 2 aromatic heterocycles. The smallest absolute Gasteiger partial charge is 0.270 e. The van der Waals surface area contributed by atoms with E-state index >= 15 is 0 Å². The Morgan fingerprint density at radius 3 is 2.59 bits per heavy atom. The van der Waals surface area contributed by atoms with Gasteiger partial charge in [-0.05, 0) is 48.7 Å². The molecule has 0 saturated carbocycles. The van der Waals surface area contributed by atoms with E-state index in [0.717, 1.165) is 12.1 Å². The number of hydrogen-bond donors (Lipinski definition) is 1. The molecule has 1 N–H and O–H groups in total. The van der Waals surface area contributed by atoms with E-state index in [1.54, 1.807) is 28.9 Å². The second-order valence-electron chi connectivity index (χ2n) is 6.87. The number of rotatable bonds is 6. The summed E-state index contributed by atoms with van der Waals surface area (Å²) >= 11 is 12.2. The minimum Gasteiger partial charge on any atom is -0.351 e. The van der Waals surface area contributed by atoms with Gasteiger partial charge in [0.05, 0.1) is 21.4 Å². The summed E-state index contributed by atoms with van der Waals surface area (Å²) in [5.74, 6) is 0.346. The van der Waals surface area contributed by atoms with Crippen LogP contribution in [0.25, 0.3) is 17.1 Å². The number of halogens is 2. The van der Waals surface area contributed by atoms with Crippen LogP contribution in [-0.2, 0) is 7.05 Å². The van der Waals surface area contributed by atoms with E-state index in [-0.39, 0.29) is 5.91 Å². The van der Waals surface area contributed by atoms with E-state index in [9.17, 15) is 4.79 Å². The van der Waals surface area contributed by atoms with Crippen LogP contribution in [0.4, 0.5) is 0 Å². The van der Waals surface area contributed by atoms with Crippen molar-refractivity contribution in [1.82, 2.24) is 19.7 Å². The van der Waals surface area contributed by atoms with Gasteiger partial charge in [0.2, 0.25) is 0 Å². The predicted molar refractivity (Wildman–Crippen MR) is 110 cm³/mol. The number of carbonyl (C=O) groups excluding carboxylic acids is 1. The number of carbonyl (C=O) groups is 1. The van der Waals surface area contributed by atoms with Crippen LogP contribution in [0.3, 0.4) is 0 Å². The van der Waals surface area contributed by atoms with Gasteiger partial charge in [0.25, 0.3) is 5.91 Å². The Labute approximate surface area is 168 Å². The molecule has 0 aliphatic carbocycles. The number of nitrogens with zero attached hydrogens (tertiary/aromatic N) is 3. The van der Waals surface area contributed by atoms with Gasteiger partial charge in [0.1, 0.15) is 11.4 Å². The van der Waals surface area contributed by atoms with Gasteiger partial charge in [0.15, 0.2) is 0 Å². The van der Waals surface area contributed by atoms with Crippen molar-refractivity contribution in [3.05, 3.63) is 58.3 Å². The molecule has 1 amide bonds. The molecule has 0 atom stereocenters. The van der Waals surface area contributed by atoms with Crippen molar-refractivity contribution in [3.63, 3.8) is 0 Å². The van der Waals surface area contributed by atoms with Gasteiger partial charge in [-0.3, -0.25) is 4.79 Å². The van der Waals surface area contributed by atoms with E-state index in [4.69, 9.17) is 23.2 Å². The van der Waals surface area contributed by atoms with E-state index in [2.05, 4.69) is 24.3 Å². The highest BCUT2D eigenvalue weighted by molar-refractivity contribution is 6.42. The average molecular weight is 405 g/mol. The Morgan fingerprint density at radius 1 is 1.19 bits per heavy atom. The molecule has 7 heteroatoms. The van der Waals surface area contributed by atoms with Crippen molar-refractivity contribution in [3.8, 4) is 17.1 Å². The normalized spacial score (nSPS) is 11.2. The fourth-order valence-corrected chi connectivity index (χ4v) is 3.07. The molecule has 142 valence electrons. The molecule has 0 radical (unpaired) electrons. The third-order valence-electron chi connectivity index (χ3n) is 4.30. The average Bonchev–Trinajstić information content (AvgIpc) is 3.23. The maximum atomic E-state index is 12.8. The lowest BCUT2D eigenvalue weighted by Gasteiger charge is -2.10. The third kappa shape index (κ3) is 4.37. The zero-order valence-corrected chi connectivity index (χ0v) is 17.1. The van der Waals surface area contributed by atoms with E-state index in [1.165, 1.54) is 0 Å². The molecule has 0 saturated heterocycles. The van der Waals surface area contributed by atoms with Crippen molar-refractivity contribution in [2.75, 3.05) is 6.54 Å². The second-order valence-corrected chi connectivity index (χ2v) is 7.68. The van der Waals surface area contributed by atoms with Gasteiger partial charge in [-0.1, -0.05) is 37.0 Å². The highest BCUT2D eigenvalue weighted by Gasteiger charge is 2.19. The van der Waals surface area contributed by atoms with Gasteiger partial charge in [-0.25, -0.2) is 4.68 Å². The first-order valence-electron chi connectivity index (χ1n) is 8.82. The molecule has 0 aliphatic heterocycles. The lowest BCUT2D eigenvalue weighted by atomic mass is 10.1. The first kappa shape index (κ1) is 19.5. The Bertz CT molecular complexity index is 959. The standard InChI is InChI=1S/C20H22Cl2N4O/c1-13(2)8-9-23-20(27)19-12-17(18-5-4-10-25(18)3)24-26(19)14-6-7-15(21)16(22)11-14/h4-7,10-13H,8-9H2,1-3H3,(H,23,27). The van der Waals surface area contributed by atoms with Gasteiger partial charge in [-0.15, -0.1) is 0 Å². The Balaban J connectivity index is 2.01. The fourth-order valence-electron chi connectivity index (χ4n) is 2.77. The number of amides is 1. The lowest BCUT2D eigenvalue weighted by molar-refractivity contribution is 0.0944. The van der Waals surface area contributed by atoms with Crippen LogP contribution in [0, 0.1) is 5.92 Å². The van der Waals surface area contributed by atoms with Gasteiger partial charge in [0, 0.05) is 19.8 Å². The van der Waals surface area contributed by atoms with Gasteiger partial charge < -0.3 is 9.88 Å². The minimum atomic E-state index is -0.172. The minimum absolute atomic E-state index is 0.172. The largest absolute Gasteiger partial charge is 0.351 e. The van der Waals surface area contributed by atoms with Crippen LogP contribution < -0.4 is 5.32 Å². The van der Waals surface area contributed by atoms with Crippen molar-refractivity contribution < 1.29 is 4.79 Å². The molecule has 0 spiro atoms. The van der Waals surface area contributed by atoms with Crippen LogP contribution in [0.1, 0.15) is 30.8 Å². The summed E-state index contributed by atoms with van der Waals surface area (Å²) in [6.45, 7) is 4.86. The molecular weight excluding hydrogens is 383 g/mol. The SMILES string of the molecule is CC(C)CCNC(=O)c1cc(-c2cccn2C)nn1-c1ccc(Cl)c(Cl)c1. The van der Waals surface area contributed by atoms with Crippen molar-refractivity contribution >= 4 is 29.1 Å². The second kappa shape index (κ2) is 8.19. The third-order valence-corrected chi connectivity index (χ3v) is 5.04. The molecule has 0 bridgehead atoms. The summed E-state index contributed by atoms with van der Waals surface area (Å²) in [6.07, 6.45) is 2.85. The van der Waals surface area contributed by atoms with Gasteiger partial charge in [-0.2, -0.15) is 5.10 Å². The molecular formula is C20H22Cl2N4O. The summed E-state index contributed by atoms with van der Waals surface area (Å²) < 4.78 is 3.57. The van der Waals surface area contributed by atoms with E-state index < -0.39 is 0 Å². The number of hydrogen-bond acceptors (Lipinski definition) is 2. The van der Waals surface area contributed by atoms with Crippen LogP contribution in [0.2, 0.25) is 10.0 Å². The van der Waals surface area contributed by atoms with Crippen LogP contribution in [0.5, 0.6) is 0 Å². The quantitative estimate of drug-likeness (QED) is 0.630. The van der Waals surface area contributed by atoms with Crippen molar-refractivity contribution in [2.45, 2.75) is 20.3 Å². The summed E-state index contributed by atoms with van der Waals surface area (Å²) in [4.78, 5) is 12.8. The fraction of sp³-hybridized carbons (Fsp3) is 0.300. The molecule has 0 unspecified atom stereocenters. The number of nitrogens with one attached hydrogen (secondary N) is 1. The first-order valence-corrected chi connectivity index (χ1v) is 9.58. The zero-order valence-electron chi connectivity index (χ0n) is 15.5. The molecule has 5 nitrogen and oxygen atoms in total. The molecule has 0 fully saturated rings. The van der Waals surface area contributed by atoms with Crippen LogP contribution in [0.15, 0.2) is 42.6 Å². The Hall–Kier alpha value is -2.24. The summed E-state index contributed by atoms with van der Waals surface area (Å²) in [5, 5.41) is 8.50. The van der Waals surface area contributed by atoms with Crippen molar-refractivity contribution in [2.24, 2.45) is 13.0 Å². The van der Waals surface area contributed by atoms with Crippen LogP contribution in [-0.4, -0.2) is 26.8 Å². The molecule has 1 aromatic carbocycles. The zero-order chi connectivity index (χ0) is 19.6. The van der Waals surface area contributed by atoms with Crippen molar-refractivity contribution in [1.29, 1.82) is 0 Å². The van der Waals surface area contributed by atoms with Gasteiger partial charge >= 0.3 is 0 Å². The summed E-state index contributed by atoms with van der Waals surface area (Å²) in [6, 6.07) is 10.9. The monoisotopic (exact) mass is 404 g/mol. The number of benzene rings is 1. The summed E-state index contributed by atoms with van der Waals surface area (Å²) in [5.41, 5.74) is 2.76. The predicted octanol–water partition coefficient (Wildman–Crippen LogP) is 4.96. The molecule has 3 aromatic rings. The number of aromatic nitrogens is 3. The van der Waals surface area contributed by atoms with E-state index in [0.29, 0.717) is 39.6 Å². The molecule has 27 heavy (non-hydrogen) atoms. The highest BCUT2D eigenvalue weighted by atomic mass is 35.5. The van der Waals surface area contributed by atoms with E-state index in [1.807, 2.05) is 29.9 Å². The Morgan fingerprint density at radius 2 is 1.96 bits per heavy atom. The molecule has 3 rings (SSSR count). The maximum absolute atomic E-state index is 12.8. The lowest BCUT2D eigenvalue weighted by Crippen LogP contribution is -2.27. The maximum Gasteiger partial charge on any atom is 0.270 e. The molecule has 2 heterocycles. The topological polar surface area (TPSA) is 51.9 Å².